The fourth-order valence-electron chi connectivity index (χ4n) is 5.87. The Labute approximate surface area is 223 Å². The maximum absolute atomic E-state index is 9.97. The van der Waals surface area contributed by atoms with Crippen LogP contribution in [0.15, 0.2) is 84.9 Å². The highest BCUT2D eigenvalue weighted by Crippen LogP contribution is 2.49. The Kier molecular flexibility index (Phi) is 5.95. The lowest BCUT2D eigenvalue weighted by Gasteiger charge is -2.11. The third-order valence-corrected chi connectivity index (χ3v) is 8.27. The molecule has 0 unspecified atom stereocenters. The number of aromatic hydroxyl groups is 2. The van der Waals surface area contributed by atoms with E-state index in [9.17, 15) is 10.2 Å². The van der Waals surface area contributed by atoms with E-state index in [1.54, 1.807) is 12.1 Å². The van der Waals surface area contributed by atoms with Crippen LogP contribution in [0.1, 0.15) is 60.1 Å². The number of phenolic OH excluding ortho intramolecular Hbond substituents is 2. The minimum absolute atomic E-state index is 0.279. The number of para-hydroxylation sites is 2. The first-order valence-corrected chi connectivity index (χ1v) is 13.7. The Morgan fingerprint density at radius 3 is 1.34 bits per heavy atom. The third kappa shape index (κ3) is 4.48. The SMILES string of the molecule is Oc1ccccc1-c1ccc2c(c1)[C@@H](C1CC1)OC2.Oc1ccccc1-c1ccc2c(c1)[C@H](C1CC1)OC2. The second-order valence-corrected chi connectivity index (χ2v) is 11.0. The largest absolute Gasteiger partial charge is 0.507 e. The van der Waals surface area contributed by atoms with Crippen molar-refractivity contribution in [3.63, 3.8) is 0 Å². The van der Waals surface area contributed by atoms with Crippen LogP contribution in [-0.2, 0) is 22.7 Å². The average molecular weight is 505 g/mol. The number of hydrogen-bond acceptors (Lipinski definition) is 4. The van der Waals surface area contributed by atoms with Crippen molar-refractivity contribution >= 4 is 0 Å². The summed E-state index contributed by atoms with van der Waals surface area (Å²) in [6.45, 7) is 1.47. The molecule has 2 heterocycles. The van der Waals surface area contributed by atoms with Crippen LogP contribution in [-0.4, -0.2) is 10.2 Å². The Bertz CT molecular complexity index is 1370. The monoisotopic (exact) mass is 504 g/mol. The lowest BCUT2D eigenvalue weighted by atomic mass is 9.96. The molecule has 0 bridgehead atoms. The van der Waals surface area contributed by atoms with Gasteiger partial charge in [0.2, 0.25) is 0 Å². The van der Waals surface area contributed by atoms with Crippen molar-refractivity contribution in [2.45, 2.75) is 51.1 Å². The predicted octanol–water partition coefficient (Wildman–Crippen LogP) is 8.08. The number of ether oxygens (including phenoxy) is 2. The molecule has 4 nitrogen and oxygen atoms in total. The van der Waals surface area contributed by atoms with Gasteiger partial charge >= 0.3 is 0 Å². The highest BCUT2D eigenvalue weighted by molar-refractivity contribution is 5.72. The molecule has 192 valence electrons. The van der Waals surface area contributed by atoms with Gasteiger partial charge in [-0.1, -0.05) is 60.7 Å². The van der Waals surface area contributed by atoms with Gasteiger partial charge in [-0.2, -0.15) is 0 Å². The first kappa shape index (κ1) is 23.5. The van der Waals surface area contributed by atoms with Crippen molar-refractivity contribution in [2.24, 2.45) is 11.8 Å². The van der Waals surface area contributed by atoms with Gasteiger partial charge in [-0.25, -0.2) is 0 Å². The quantitative estimate of drug-likeness (QED) is 0.295. The summed E-state index contributed by atoms with van der Waals surface area (Å²) >= 11 is 0. The molecule has 4 heteroatoms. The molecule has 8 rings (SSSR count). The Morgan fingerprint density at radius 2 is 0.947 bits per heavy atom. The molecule has 0 radical (unpaired) electrons. The summed E-state index contributed by atoms with van der Waals surface area (Å²) in [5.74, 6) is 2.09. The van der Waals surface area contributed by atoms with Crippen LogP contribution in [0, 0.1) is 11.8 Å². The van der Waals surface area contributed by atoms with Gasteiger partial charge in [0.15, 0.2) is 0 Å². The Balaban J connectivity index is 0.000000127. The van der Waals surface area contributed by atoms with Gasteiger partial charge in [-0.15, -0.1) is 0 Å². The summed E-state index contributed by atoms with van der Waals surface area (Å²) in [6, 6.07) is 27.8. The highest BCUT2D eigenvalue weighted by atomic mass is 16.5. The van der Waals surface area contributed by atoms with Crippen molar-refractivity contribution in [1.82, 2.24) is 0 Å². The zero-order valence-corrected chi connectivity index (χ0v) is 21.3. The van der Waals surface area contributed by atoms with E-state index in [0.717, 1.165) is 35.5 Å². The van der Waals surface area contributed by atoms with Gasteiger partial charge in [-0.05, 0) is 95.2 Å². The molecular weight excluding hydrogens is 472 g/mol. The fourth-order valence-corrected chi connectivity index (χ4v) is 5.87. The normalized spacial score (nSPS) is 21.4. The number of hydrogen-bond donors (Lipinski definition) is 2. The molecule has 2 aliphatic heterocycles. The van der Waals surface area contributed by atoms with Gasteiger partial charge in [0.1, 0.15) is 11.5 Å². The summed E-state index contributed by atoms with van der Waals surface area (Å²) in [7, 11) is 0. The molecule has 2 saturated carbocycles. The van der Waals surface area contributed by atoms with Crippen molar-refractivity contribution in [1.29, 1.82) is 0 Å². The smallest absolute Gasteiger partial charge is 0.123 e. The van der Waals surface area contributed by atoms with Crippen LogP contribution in [0.3, 0.4) is 0 Å². The molecule has 2 atom stereocenters. The Morgan fingerprint density at radius 1 is 0.526 bits per heavy atom. The second kappa shape index (κ2) is 9.61. The van der Waals surface area contributed by atoms with Crippen molar-refractivity contribution in [3.05, 3.63) is 107 Å². The Hall–Kier alpha value is -3.60. The molecule has 2 fully saturated rings. The minimum Gasteiger partial charge on any atom is -0.507 e. The van der Waals surface area contributed by atoms with E-state index >= 15 is 0 Å². The van der Waals surface area contributed by atoms with E-state index in [1.807, 2.05) is 36.4 Å². The van der Waals surface area contributed by atoms with Gasteiger partial charge in [0.05, 0.1) is 25.4 Å². The molecule has 0 spiro atoms. The number of rotatable bonds is 4. The number of fused-ring (bicyclic) bond motifs is 2. The van der Waals surface area contributed by atoms with Crippen LogP contribution in [0.25, 0.3) is 22.3 Å². The van der Waals surface area contributed by atoms with E-state index in [-0.39, 0.29) is 12.2 Å². The summed E-state index contributed by atoms with van der Waals surface area (Å²) in [4.78, 5) is 0. The molecule has 38 heavy (non-hydrogen) atoms. The van der Waals surface area contributed by atoms with E-state index in [0.29, 0.717) is 23.3 Å². The van der Waals surface area contributed by atoms with Crippen LogP contribution in [0.2, 0.25) is 0 Å². The molecule has 4 aromatic rings. The average Bonchev–Trinajstić information content (AvgIpc) is 3.89. The fraction of sp³-hybridized carbons (Fsp3) is 0.294. The van der Waals surface area contributed by atoms with E-state index in [1.165, 1.54) is 47.9 Å². The van der Waals surface area contributed by atoms with Crippen LogP contribution in [0.5, 0.6) is 11.5 Å². The van der Waals surface area contributed by atoms with Crippen LogP contribution >= 0.6 is 0 Å². The maximum atomic E-state index is 9.97. The molecule has 2 aliphatic carbocycles. The van der Waals surface area contributed by atoms with Gasteiger partial charge in [0.25, 0.3) is 0 Å². The number of benzene rings is 4. The zero-order valence-electron chi connectivity index (χ0n) is 21.3. The van der Waals surface area contributed by atoms with Gasteiger partial charge < -0.3 is 19.7 Å². The minimum atomic E-state index is 0.279. The van der Waals surface area contributed by atoms with E-state index in [2.05, 4.69) is 36.4 Å². The molecule has 0 amide bonds. The topological polar surface area (TPSA) is 58.9 Å². The predicted molar refractivity (Wildman–Crippen MR) is 148 cm³/mol. The molecule has 4 aliphatic rings. The van der Waals surface area contributed by atoms with E-state index < -0.39 is 0 Å². The third-order valence-electron chi connectivity index (χ3n) is 8.27. The standard InChI is InChI=1S/2C17H16O2/c2*18-16-4-2-1-3-14(16)12-7-8-13-10-19-17(11-5-6-11)15(13)9-12/h2*1-4,7-9,11,17-18H,5-6,10H2/t2*17-/m10/s1. The molecule has 4 aromatic carbocycles. The van der Waals surface area contributed by atoms with Crippen molar-refractivity contribution < 1.29 is 19.7 Å². The first-order chi connectivity index (χ1) is 18.7. The number of phenols is 2. The van der Waals surface area contributed by atoms with Gasteiger partial charge in [-0.3, -0.25) is 0 Å². The molecular formula is C34H32O4. The maximum Gasteiger partial charge on any atom is 0.123 e. The van der Waals surface area contributed by atoms with Crippen molar-refractivity contribution in [2.75, 3.05) is 0 Å². The van der Waals surface area contributed by atoms with Crippen molar-refractivity contribution in [3.8, 4) is 33.8 Å². The first-order valence-electron chi connectivity index (χ1n) is 13.7. The lowest BCUT2D eigenvalue weighted by Crippen LogP contribution is -1.98. The van der Waals surface area contributed by atoms with Crippen LogP contribution < -0.4 is 0 Å². The van der Waals surface area contributed by atoms with Gasteiger partial charge in [0, 0.05) is 11.1 Å². The zero-order chi connectivity index (χ0) is 25.6. The molecule has 2 N–H and O–H groups in total. The lowest BCUT2D eigenvalue weighted by molar-refractivity contribution is 0.0506. The molecule has 0 aromatic heterocycles. The summed E-state index contributed by atoms with van der Waals surface area (Å²) in [5, 5.41) is 19.9. The summed E-state index contributed by atoms with van der Waals surface area (Å²) < 4.78 is 11.8. The summed E-state index contributed by atoms with van der Waals surface area (Å²) in [5.41, 5.74) is 9.19. The second-order valence-electron chi connectivity index (χ2n) is 11.0. The van der Waals surface area contributed by atoms with Crippen LogP contribution in [0.4, 0.5) is 0 Å². The summed E-state index contributed by atoms with van der Waals surface area (Å²) in [6.07, 6.45) is 5.69. The highest BCUT2D eigenvalue weighted by Gasteiger charge is 2.38. The van der Waals surface area contributed by atoms with E-state index in [4.69, 9.17) is 9.47 Å². The molecule has 0 saturated heterocycles.